The van der Waals surface area contributed by atoms with Gasteiger partial charge in [0.05, 0.1) is 13.7 Å². The lowest BCUT2D eigenvalue weighted by Gasteiger charge is -2.23. The summed E-state index contributed by atoms with van der Waals surface area (Å²) in [6, 6.07) is 0.0700. The van der Waals surface area contributed by atoms with Crippen molar-refractivity contribution in [1.29, 1.82) is 0 Å². The average molecular weight is 327 g/mol. The summed E-state index contributed by atoms with van der Waals surface area (Å²) in [6.45, 7) is 6.37. The first kappa shape index (κ1) is 18.5. The lowest BCUT2D eigenvalue weighted by Crippen LogP contribution is -2.48. The summed E-state index contributed by atoms with van der Waals surface area (Å²) in [4.78, 5) is 48.8. The molecule has 1 unspecified atom stereocenters. The molecule has 0 saturated heterocycles. The van der Waals surface area contributed by atoms with Crippen molar-refractivity contribution in [2.75, 3.05) is 7.11 Å². The molecular formula is C14H21N3O6. The molecule has 23 heavy (non-hydrogen) atoms. The number of rotatable bonds is 4. The Morgan fingerprint density at radius 1 is 1.35 bits per heavy atom. The van der Waals surface area contributed by atoms with Crippen LogP contribution < -0.4 is 16.6 Å². The van der Waals surface area contributed by atoms with Crippen molar-refractivity contribution < 1.29 is 19.1 Å². The standard InChI is InChI=1S/C14H21N3O6/c1-8-6-10(18)16-12(20)17(8)7-9(11(19)22-5)15-13(21)23-14(2,3)4/h6,9H,7H2,1-5H3,(H,15,21)(H,16,18,20). The molecule has 1 heterocycles. The van der Waals surface area contributed by atoms with Gasteiger partial charge in [0.15, 0.2) is 0 Å². The van der Waals surface area contributed by atoms with E-state index in [0.29, 0.717) is 5.69 Å². The van der Waals surface area contributed by atoms with Crippen LogP contribution in [-0.4, -0.2) is 40.4 Å². The van der Waals surface area contributed by atoms with E-state index in [-0.39, 0.29) is 6.54 Å². The topological polar surface area (TPSA) is 119 Å². The molecule has 9 nitrogen and oxygen atoms in total. The second-order valence-corrected chi connectivity index (χ2v) is 5.91. The van der Waals surface area contributed by atoms with Gasteiger partial charge in [-0.05, 0) is 27.7 Å². The van der Waals surface area contributed by atoms with E-state index >= 15 is 0 Å². The quantitative estimate of drug-likeness (QED) is 0.746. The van der Waals surface area contributed by atoms with Crippen LogP contribution in [0.5, 0.6) is 0 Å². The molecule has 0 fully saturated rings. The number of alkyl carbamates (subject to hydrolysis) is 1. The fourth-order valence-corrected chi connectivity index (χ4v) is 1.82. The maximum Gasteiger partial charge on any atom is 0.408 e. The van der Waals surface area contributed by atoms with Crippen molar-refractivity contribution in [1.82, 2.24) is 14.9 Å². The number of nitrogens with zero attached hydrogens (tertiary/aromatic N) is 1. The van der Waals surface area contributed by atoms with E-state index in [2.05, 4.69) is 15.0 Å². The van der Waals surface area contributed by atoms with Crippen molar-refractivity contribution in [3.05, 3.63) is 32.6 Å². The van der Waals surface area contributed by atoms with Gasteiger partial charge in [-0.25, -0.2) is 14.4 Å². The molecule has 0 aromatic carbocycles. The largest absolute Gasteiger partial charge is 0.467 e. The number of carbonyl (C=O) groups is 2. The van der Waals surface area contributed by atoms with Gasteiger partial charge in [-0.3, -0.25) is 14.3 Å². The zero-order valence-corrected chi connectivity index (χ0v) is 13.8. The Balaban J connectivity index is 3.01. The van der Waals surface area contributed by atoms with Crippen LogP contribution >= 0.6 is 0 Å². The minimum absolute atomic E-state index is 0.201. The zero-order valence-electron chi connectivity index (χ0n) is 13.8. The van der Waals surface area contributed by atoms with Gasteiger partial charge in [-0.15, -0.1) is 0 Å². The molecule has 9 heteroatoms. The Labute approximate surface area is 132 Å². The Morgan fingerprint density at radius 2 is 1.96 bits per heavy atom. The summed E-state index contributed by atoms with van der Waals surface area (Å²) < 4.78 is 10.9. The molecule has 1 aromatic rings. The number of esters is 1. The third-order valence-electron chi connectivity index (χ3n) is 2.78. The summed E-state index contributed by atoms with van der Waals surface area (Å²) in [5.74, 6) is -0.742. The van der Waals surface area contributed by atoms with Gasteiger partial charge in [0.2, 0.25) is 0 Å². The van der Waals surface area contributed by atoms with Gasteiger partial charge in [-0.2, -0.15) is 0 Å². The molecule has 0 bridgehead atoms. The number of aryl methyl sites for hydroxylation is 1. The van der Waals surface area contributed by atoms with E-state index in [1.165, 1.54) is 6.07 Å². The third-order valence-corrected chi connectivity index (χ3v) is 2.78. The minimum atomic E-state index is -1.14. The Kier molecular flexibility index (Phi) is 5.72. The van der Waals surface area contributed by atoms with E-state index in [1.54, 1.807) is 27.7 Å². The maximum absolute atomic E-state index is 11.8. The van der Waals surface area contributed by atoms with E-state index in [4.69, 9.17) is 4.74 Å². The number of aromatic amines is 1. The maximum atomic E-state index is 11.8. The third kappa shape index (κ3) is 5.61. The molecule has 1 rings (SSSR count). The molecule has 0 aliphatic heterocycles. The SMILES string of the molecule is COC(=O)C(Cn1c(C)cc(=O)[nH]c1=O)NC(=O)OC(C)(C)C. The van der Waals surface area contributed by atoms with E-state index < -0.39 is 35.0 Å². The first-order valence-electron chi connectivity index (χ1n) is 6.91. The van der Waals surface area contributed by atoms with Gasteiger partial charge < -0.3 is 14.8 Å². The first-order valence-corrected chi connectivity index (χ1v) is 6.91. The van der Waals surface area contributed by atoms with Gasteiger partial charge in [0, 0.05) is 11.8 Å². The number of aromatic nitrogens is 2. The highest BCUT2D eigenvalue weighted by atomic mass is 16.6. The number of carbonyl (C=O) groups excluding carboxylic acids is 2. The fraction of sp³-hybridized carbons (Fsp3) is 0.571. The monoisotopic (exact) mass is 327 g/mol. The molecule has 0 aliphatic carbocycles. The minimum Gasteiger partial charge on any atom is -0.467 e. The van der Waals surface area contributed by atoms with Crippen molar-refractivity contribution in [3.8, 4) is 0 Å². The van der Waals surface area contributed by atoms with Crippen LogP contribution in [-0.2, 0) is 20.8 Å². The highest BCUT2D eigenvalue weighted by Crippen LogP contribution is 2.07. The lowest BCUT2D eigenvalue weighted by atomic mass is 10.2. The molecule has 128 valence electrons. The summed E-state index contributed by atoms with van der Waals surface area (Å²) in [5.41, 5.74) is -1.62. The van der Waals surface area contributed by atoms with E-state index in [1.807, 2.05) is 0 Å². The number of H-pyrrole nitrogens is 1. The molecule has 0 aliphatic rings. The van der Waals surface area contributed by atoms with Crippen LogP contribution in [0.4, 0.5) is 4.79 Å². The Morgan fingerprint density at radius 3 is 2.43 bits per heavy atom. The van der Waals surface area contributed by atoms with Crippen molar-refractivity contribution >= 4 is 12.1 Å². The predicted octanol–water partition coefficient (Wildman–Crippen LogP) is -0.0887. The van der Waals surface area contributed by atoms with Crippen molar-refractivity contribution in [2.24, 2.45) is 0 Å². The van der Waals surface area contributed by atoms with Gasteiger partial charge >= 0.3 is 17.8 Å². The van der Waals surface area contributed by atoms with Crippen LogP contribution in [0.3, 0.4) is 0 Å². The van der Waals surface area contributed by atoms with Crippen LogP contribution in [0.1, 0.15) is 26.5 Å². The van der Waals surface area contributed by atoms with Gasteiger partial charge in [-0.1, -0.05) is 0 Å². The number of hydrogen-bond donors (Lipinski definition) is 2. The Hall–Kier alpha value is -2.58. The first-order chi connectivity index (χ1) is 10.5. The molecule has 0 spiro atoms. The summed E-state index contributed by atoms with van der Waals surface area (Å²) in [5, 5.41) is 2.35. The lowest BCUT2D eigenvalue weighted by molar-refractivity contribution is -0.143. The predicted molar refractivity (Wildman–Crippen MR) is 81.2 cm³/mol. The zero-order chi connectivity index (χ0) is 17.8. The summed E-state index contributed by atoms with van der Waals surface area (Å²) >= 11 is 0. The van der Waals surface area contributed by atoms with Crippen LogP contribution in [0.2, 0.25) is 0 Å². The van der Waals surface area contributed by atoms with Gasteiger partial charge in [0.25, 0.3) is 5.56 Å². The molecule has 1 amide bonds. The second-order valence-electron chi connectivity index (χ2n) is 5.91. The number of nitrogens with one attached hydrogen (secondary N) is 2. The Bertz CT molecular complexity index is 698. The highest BCUT2D eigenvalue weighted by molar-refractivity contribution is 5.81. The van der Waals surface area contributed by atoms with E-state index in [0.717, 1.165) is 11.7 Å². The second kappa shape index (κ2) is 7.12. The van der Waals surface area contributed by atoms with Crippen molar-refractivity contribution in [3.63, 3.8) is 0 Å². The van der Waals surface area contributed by atoms with Crippen LogP contribution in [0.25, 0.3) is 0 Å². The molecule has 1 atom stereocenters. The van der Waals surface area contributed by atoms with E-state index in [9.17, 15) is 19.2 Å². The summed E-state index contributed by atoms with van der Waals surface area (Å²) in [7, 11) is 1.16. The normalized spacial score (nSPS) is 12.4. The number of ether oxygens (including phenoxy) is 2. The molecule has 0 radical (unpaired) electrons. The molecular weight excluding hydrogens is 306 g/mol. The smallest absolute Gasteiger partial charge is 0.408 e. The average Bonchev–Trinajstić information content (AvgIpc) is 2.38. The number of amides is 1. The van der Waals surface area contributed by atoms with Gasteiger partial charge in [0.1, 0.15) is 11.6 Å². The number of hydrogen-bond acceptors (Lipinski definition) is 6. The van der Waals surface area contributed by atoms with Crippen molar-refractivity contribution in [2.45, 2.75) is 45.9 Å². The fourth-order valence-electron chi connectivity index (χ4n) is 1.82. The molecule has 0 saturated carbocycles. The summed E-state index contributed by atoms with van der Waals surface area (Å²) in [6.07, 6.45) is -0.817. The van der Waals surface area contributed by atoms with Crippen LogP contribution in [0, 0.1) is 6.92 Å². The molecule has 2 N–H and O–H groups in total. The highest BCUT2D eigenvalue weighted by Gasteiger charge is 2.26. The number of methoxy groups -OCH3 is 1. The van der Waals surface area contributed by atoms with Crippen LogP contribution in [0.15, 0.2) is 15.7 Å². The molecule has 1 aromatic heterocycles.